The van der Waals surface area contributed by atoms with E-state index >= 15 is 0 Å². The summed E-state index contributed by atoms with van der Waals surface area (Å²) in [4.78, 5) is 59.9. The van der Waals surface area contributed by atoms with E-state index in [0.29, 0.717) is 0 Å². The number of aliphatic carboxylic acids is 1. The van der Waals surface area contributed by atoms with Crippen LogP contribution in [0.5, 0.6) is 5.75 Å². The quantitative estimate of drug-likeness (QED) is 0.714. The lowest BCUT2D eigenvalue weighted by Crippen LogP contribution is -2.54. The summed E-state index contributed by atoms with van der Waals surface area (Å²) in [6.07, 6.45) is -0.167. The van der Waals surface area contributed by atoms with Gasteiger partial charge in [-0.1, -0.05) is 6.07 Å². The van der Waals surface area contributed by atoms with Crippen LogP contribution in [0.1, 0.15) is 40.0 Å². The number of carboxylic acids is 1. The maximum absolute atomic E-state index is 12.7. The van der Waals surface area contributed by atoms with E-state index in [-0.39, 0.29) is 42.7 Å². The van der Waals surface area contributed by atoms with Gasteiger partial charge in [0.25, 0.3) is 11.8 Å². The first kappa shape index (κ1) is 16.6. The molecule has 2 heterocycles. The minimum atomic E-state index is -1.06. The largest absolute Gasteiger partial charge is 0.492 e. The molecule has 25 heavy (non-hydrogen) atoms. The lowest BCUT2D eigenvalue weighted by molar-refractivity contribution is -0.138. The van der Waals surface area contributed by atoms with Crippen molar-refractivity contribution < 1.29 is 33.8 Å². The van der Waals surface area contributed by atoms with Gasteiger partial charge in [0.15, 0.2) is 0 Å². The predicted octanol–water partition coefficient (Wildman–Crippen LogP) is -0.0587. The van der Waals surface area contributed by atoms with Crippen LogP contribution < -0.4 is 10.1 Å². The Labute approximate surface area is 141 Å². The number of piperidine rings is 1. The number of amides is 4. The molecule has 9 heteroatoms. The van der Waals surface area contributed by atoms with E-state index in [1.807, 2.05) is 0 Å². The average molecular weight is 346 g/mol. The lowest BCUT2D eigenvalue weighted by Gasteiger charge is -2.27. The molecule has 0 spiro atoms. The zero-order valence-corrected chi connectivity index (χ0v) is 13.0. The van der Waals surface area contributed by atoms with Crippen molar-refractivity contribution in [1.29, 1.82) is 0 Å². The third-order valence-electron chi connectivity index (χ3n) is 4.00. The van der Waals surface area contributed by atoms with Gasteiger partial charge in [0, 0.05) is 6.42 Å². The monoisotopic (exact) mass is 346 g/mol. The van der Waals surface area contributed by atoms with Crippen LogP contribution in [0.2, 0.25) is 0 Å². The van der Waals surface area contributed by atoms with Crippen LogP contribution in [-0.2, 0) is 14.4 Å². The van der Waals surface area contributed by atoms with Gasteiger partial charge >= 0.3 is 5.97 Å². The van der Waals surface area contributed by atoms with Crippen LogP contribution in [-0.4, -0.2) is 52.3 Å². The zero-order chi connectivity index (χ0) is 18.1. The Bertz CT molecular complexity index is 802. The van der Waals surface area contributed by atoms with Crippen molar-refractivity contribution in [3.63, 3.8) is 0 Å². The second kappa shape index (κ2) is 6.34. The number of hydrogen-bond donors (Lipinski definition) is 2. The summed E-state index contributed by atoms with van der Waals surface area (Å²) in [6, 6.07) is 3.34. The van der Waals surface area contributed by atoms with Gasteiger partial charge < -0.3 is 9.84 Å². The van der Waals surface area contributed by atoms with Gasteiger partial charge in [0.05, 0.1) is 24.2 Å². The van der Waals surface area contributed by atoms with Crippen LogP contribution in [0.4, 0.5) is 0 Å². The molecule has 0 aromatic heterocycles. The number of fused-ring (bicyclic) bond motifs is 1. The number of hydrogen-bond acceptors (Lipinski definition) is 6. The normalized spacial score (nSPS) is 19.7. The van der Waals surface area contributed by atoms with Gasteiger partial charge in [-0.2, -0.15) is 0 Å². The Hall–Kier alpha value is -3.23. The summed E-state index contributed by atoms with van der Waals surface area (Å²) >= 11 is 0. The fraction of sp³-hybridized carbons (Fsp3) is 0.312. The molecule has 1 unspecified atom stereocenters. The number of carbonyl (C=O) groups excluding carboxylic acids is 4. The van der Waals surface area contributed by atoms with E-state index in [1.165, 1.54) is 18.2 Å². The van der Waals surface area contributed by atoms with Crippen LogP contribution in [0.15, 0.2) is 18.2 Å². The van der Waals surface area contributed by atoms with Crippen molar-refractivity contribution in [2.75, 3.05) is 6.61 Å². The molecule has 9 nitrogen and oxygen atoms in total. The fourth-order valence-corrected chi connectivity index (χ4v) is 2.85. The van der Waals surface area contributed by atoms with Crippen LogP contribution >= 0.6 is 0 Å². The molecule has 1 saturated heterocycles. The topological polar surface area (TPSA) is 130 Å². The van der Waals surface area contributed by atoms with Gasteiger partial charge in [-0.3, -0.25) is 34.2 Å². The van der Waals surface area contributed by atoms with Crippen LogP contribution in [0.3, 0.4) is 0 Å². The standard InChI is InChI=1S/C16H14N2O7/c19-11-5-4-9(14(22)17-11)18-15(23)8-2-1-3-10(13(8)16(18)24)25-7-6-12(20)21/h1-3,9H,4-7H2,(H,20,21)(H,17,19,22). The Morgan fingerprint density at radius 3 is 2.68 bits per heavy atom. The summed E-state index contributed by atoms with van der Waals surface area (Å²) in [5, 5.41) is 10.8. The molecule has 0 radical (unpaired) electrons. The number of carboxylic acid groups (broad SMARTS) is 1. The Morgan fingerprint density at radius 2 is 2.00 bits per heavy atom. The van der Waals surface area contributed by atoms with Gasteiger partial charge in [0.1, 0.15) is 11.8 Å². The van der Waals surface area contributed by atoms with Crippen molar-refractivity contribution >= 4 is 29.6 Å². The molecule has 1 atom stereocenters. The average Bonchev–Trinajstić information content (AvgIpc) is 2.80. The first-order valence-corrected chi connectivity index (χ1v) is 7.59. The van der Waals surface area contributed by atoms with Crippen molar-refractivity contribution in [1.82, 2.24) is 10.2 Å². The summed E-state index contributed by atoms with van der Waals surface area (Å²) < 4.78 is 5.32. The third-order valence-corrected chi connectivity index (χ3v) is 4.00. The maximum Gasteiger partial charge on any atom is 0.306 e. The summed E-state index contributed by atoms with van der Waals surface area (Å²) in [5.74, 6) is -3.44. The minimum absolute atomic E-state index is 0.00240. The van der Waals surface area contributed by atoms with Gasteiger partial charge in [-0.05, 0) is 18.6 Å². The van der Waals surface area contributed by atoms with Crippen molar-refractivity contribution in [2.45, 2.75) is 25.3 Å². The first-order valence-electron chi connectivity index (χ1n) is 7.59. The molecule has 1 aromatic carbocycles. The number of ether oxygens (including phenoxy) is 1. The highest BCUT2D eigenvalue weighted by molar-refractivity contribution is 6.24. The Kier molecular flexibility index (Phi) is 4.22. The van der Waals surface area contributed by atoms with E-state index < -0.39 is 35.6 Å². The molecule has 130 valence electrons. The molecular weight excluding hydrogens is 332 g/mol. The predicted molar refractivity (Wildman–Crippen MR) is 80.9 cm³/mol. The highest BCUT2D eigenvalue weighted by Crippen LogP contribution is 2.33. The molecule has 1 fully saturated rings. The Morgan fingerprint density at radius 1 is 1.24 bits per heavy atom. The van der Waals surface area contributed by atoms with Crippen LogP contribution in [0.25, 0.3) is 0 Å². The van der Waals surface area contributed by atoms with E-state index in [2.05, 4.69) is 5.32 Å². The highest BCUT2D eigenvalue weighted by atomic mass is 16.5. The fourth-order valence-electron chi connectivity index (χ4n) is 2.85. The van der Waals surface area contributed by atoms with Gasteiger partial charge in [-0.15, -0.1) is 0 Å². The van der Waals surface area contributed by atoms with Crippen molar-refractivity contribution in [3.8, 4) is 5.75 Å². The maximum atomic E-state index is 12.7. The molecule has 0 saturated carbocycles. The first-order chi connectivity index (χ1) is 11.9. The summed E-state index contributed by atoms with van der Waals surface area (Å²) in [6.45, 7) is -0.161. The number of carbonyl (C=O) groups is 5. The molecule has 2 N–H and O–H groups in total. The van der Waals surface area contributed by atoms with Crippen molar-refractivity contribution in [2.24, 2.45) is 0 Å². The SMILES string of the molecule is O=C(O)CCOc1cccc2c1C(=O)N(C1CCC(=O)NC1=O)C2=O. The van der Waals surface area contributed by atoms with E-state index in [1.54, 1.807) is 0 Å². The van der Waals surface area contributed by atoms with Crippen LogP contribution in [0, 0.1) is 0 Å². The summed E-state index contributed by atoms with van der Waals surface area (Å²) in [5.41, 5.74) is 0.0881. The van der Waals surface area contributed by atoms with Gasteiger partial charge in [-0.25, -0.2) is 0 Å². The number of nitrogens with one attached hydrogen (secondary N) is 1. The molecular formula is C16H14N2O7. The molecule has 1 aromatic rings. The highest BCUT2D eigenvalue weighted by Gasteiger charge is 2.45. The molecule has 0 bridgehead atoms. The van der Waals surface area contributed by atoms with E-state index in [4.69, 9.17) is 9.84 Å². The smallest absolute Gasteiger partial charge is 0.306 e. The second-order valence-corrected chi connectivity index (χ2v) is 5.62. The number of benzene rings is 1. The number of rotatable bonds is 5. The zero-order valence-electron chi connectivity index (χ0n) is 13.0. The second-order valence-electron chi connectivity index (χ2n) is 5.62. The van der Waals surface area contributed by atoms with E-state index in [9.17, 15) is 24.0 Å². The molecule has 4 amide bonds. The van der Waals surface area contributed by atoms with Gasteiger partial charge in [0.2, 0.25) is 11.8 Å². The number of nitrogens with zero attached hydrogens (tertiary/aromatic N) is 1. The molecule has 3 rings (SSSR count). The van der Waals surface area contributed by atoms with Crippen molar-refractivity contribution in [3.05, 3.63) is 29.3 Å². The number of imide groups is 2. The molecule has 0 aliphatic carbocycles. The molecule has 2 aliphatic heterocycles. The third kappa shape index (κ3) is 2.95. The minimum Gasteiger partial charge on any atom is -0.492 e. The lowest BCUT2D eigenvalue weighted by atomic mass is 10.0. The van der Waals surface area contributed by atoms with E-state index in [0.717, 1.165) is 4.90 Å². The molecule has 2 aliphatic rings. The summed E-state index contributed by atoms with van der Waals surface area (Å²) in [7, 11) is 0. The Balaban J connectivity index is 1.87.